The minimum atomic E-state index is -4.57. The van der Waals surface area contributed by atoms with E-state index in [1.807, 2.05) is 0 Å². The third kappa shape index (κ3) is 2.75. The van der Waals surface area contributed by atoms with Gasteiger partial charge in [0.05, 0.1) is 19.8 Å². The van der Waals surface area contributed by atoms with Gasteiger partial charge in [0.2, 0.25) is 0 Å². The van der Waals surface area contributed by atoms with Gasteiger partial charge in [0, 0.05) is 17.5 Å². The van der Waals surface area contributed by atoms with Gasteiger partial charge in [-0.1, -0.05) is 6.92 Å². The highest BCUT2D eigenvalue weighted by atomic mass is 19.4. The highest BCUT2D eigenvalue weighted by Gasteiger charge is 2.37. The van der Waals surface area contributed by atoms with Gasteiger partial charge in [0.25, 0.3) is 0 Å². The van der Waals surface area contributed by atoms with E-state index in [4.69, 9.17) is 9.47 Å². The van der Waals surface area contributed by atoms with Crippen molar-refractivity contribution in [2.75, 3.05) is 14.2 Å². The van der Waals surface area contributed by atoms with Gasteiger partial charge in [-0.05, 0) is 6.07 Å². The van der Waals surface area contributed by atoms with Crippen molar-refractivity contribution < 1.29 is 27.4 Å². The highest BCUT2D eigenvalue weighted by molar-refractivity contribution is 5.66. The summed E-state index contributed by atoms with van der Waals surface area (Å²) in [6.45, 7) is 1.38. The number of carbonyl (C=O) groups excluding carboxylic acids is 1. The van der Waals surface area contributed by atoms with Gasteiger partial charge in [-0.2, -0.15) is 13.2 Å². The summed E-state index contributed by atoms with van der Waals surface area (Å²) in [6, 6.07) is 2.18. The van der Waals surface area contributed by atoms with E-state index in [-0.39, 0.29) is 17.1 Å². The summed E-state index contributed by atoms with van der Waals surface area (Å²) in [7, 11) is 2.51. The predicted molar refractivity (Wildman–Crippen MR) is 59.0 cm³/mol. The van der Waals surface area contributed by atoms with Crippen molar-refractivity contribution in [1.82, 2.24) is 0 Å². The van der Waals surface area contributed by atoms with Crippen LogP contribution in [0.5, 0.6) is 11.5 Å². The fourth-order valence-corrected chi connectivity index (χ4v) is 1.66. The first-order valence-electron chi connectivity index (χ1n) is 5.13. The summed E-state index contributed by atoms with van der Waals surface area (Å²) < 4.78 is 48.6. The van der Waals surface area contributed by atoms with Crippen molar-refractivity contribution in [3.63, 3.8) is 0 Å². The summed E-state index contributed by atoms with van der Waals surface area (Å²) in [4.78, 5) is 10.8. The predicted octanol–water partition coefficient (Wildman–Crippen LogP) is 3.03. The van der Waals surface area contributed by atoms with Crippen molar-refractivity contribution in [3.8, 4) is 11.5 Å². The third-order valence-electron chi connectivity index (χ3n) is 2.54. The number of aldehydes is 1. The Morgan fingerprint density at radius 3 is 2.22 bits per heavy atom. The van der Waals surface area contributed by atoms with Gasteiger partial charge in [-0.15, -0.1) is 0 Å². The normalized spacial score (nSPS) is 13.0. The molecule has 1 unspecified atom stereocenters. The molecule has 6 heteroatoms. The molecule has 0 saturated carbocycles. The maximum absolute atomic E-state index is 13.0. The fourth-order valence-electron chi connectivity index (χ4n) is 1.66. The average Bonchev–Trinajstić information content (AvgIpc) is 2.34. The molecule has 0 heterocycles. The monoisotopic (exact) mass is 262 g/mol. The standard InChI is InChI=1S/C12H13F3O3/c1-7(6-16)11-9(12(13,14)15)4-8(17-2)5-10(11)18-3/h4-7H,1-3H3. The largest absolute Gasteiger partial charge is 0.497 e. The first-order chi connectivity index (χ1) is 8.35. The molecule has 0 saturated heterocycles. The zero-order chi connectivity index (χ0) is 13.9. The molecule has 0 aliphatic carbocycles. The van der Waals surface area contributed by atoms with Gasteiger partial charge in [0.15, 0.2) is 0 Å². The Morgan fingerprint density at radius 1 is 1.22 bits per heavy atom. The van der Waals surface area contributed by atoms with Crippen LogP contribution in [-0.4, -0.2) is 20.5 Å². The summed E-state index contributed by atoms with van der Waals surface area (Å²) in [6.07, 6.45) is -4.13. The van der Waals surface area contributed by atoms with E-state index in [9.17, 15) is 18.0 Å². The van der Waals surface area contributed by atoms with Crippen LogP contribution in [0.15, 0.2) is 12.1 Å². The summed E-state index contributed by atoms with van der Waals surface area (Å²) in [5.74, 6) is -0.898. The zero-order valence-electron chi connectivity index (χ0n) is 10.2. The van der Waals surface area contributed by atoms with E-state index in [2.05, 4.69) is 0 Å². The Hall–Kier alpha value is -1.72. The molecule has 0 amide bonds. The maximum Gasteiger partial charge on any atom is 0.416 e. The van der Waals surface area contributed by atoms with Crippen molar-refractivity contribution in [2.24, 2.45) is 0 Å². The van der Waals surface area contributed by atoms with Crippen molar-refractivity contribution in [3.05, 3.63) is 23.3 Å². The molecule has 18 heavy (non-hydrogen) atoms. The van der Waals surface area contributed by atoms with E-state index < -0.39 is 17.7 Å². The molecule has 100 valence electrons. The van der Waals surface area contributed by atoms with Crippen LogP contribution in [0.2, 0.25) is 0 Å². The summed E-state index contributed by atoms with van der Waals surface area (Å²) in [5.41, 5.74) is -1.10. The number of methoxy groups -OCH3 is 2. The van der Waals surface area contributed by atoms with Gasteiger partial charge in [0.1, 0.15) is 17.8 Å². The molecule has 0 bridgehead atoms. The minimum absolute atomic E-state index is 0.0127. The van der Waals surface area contributed by atoms with Crippen molar-refractivity contribution >= 4 is 6.29 Å². The Bertz CT molecular complexity index is 441. The molecule has 0 spiro atoms. The van der Waals surface area contributed by atoms with Crippen LogP contribution in [0.25, 0.3) is 0 Å². The molecule has 1 aromatic rings. The van der Waals surface area contributed by atoms with Gasteiger partial charge in [-0.25, -0.2) is 0 Å². The number of hydrogen-bond donors (Lipinski definition) is 0. The Kier molecular flexibility index (Phi) is 4.21. The van der Waals surface area contributed by atoms with E-state index in [0.29, 0.717) is 6.29 Å². The zero-order valence-corrected chi connectivity index (χ0v) is 10.2. The second kappa shape index (κ2) is 5.29. The van der Waals surface area contributed by atoms with Crippen LogP contribution in [0.1, 0.15) is 24.0 Å². The summed E-state index contributed by atoms with van der Waals surface area (Å²) in [5, 5.41) is 0. The van der Waals surface area contributed by atoms with Gasteiger partial charge >= 0.3 is 6.18 Å². The molecular formula is C12H13F3O3. The Balaban J connectivity index is 3.57. The second-order valence-electron chi connectivity index (χ2n) is 3.71. The van der Waals surface area contributed by atoms with E-state index in [0.717, 1.165) is 6.07 Å². The average molecular weight is 262 g/mol. The van der Waals surface area contributed by atoms with E-state index in [1.165, 1.54) is 27.2 Å². The molecule has 0 N–H and O–H groups in total. The smallest absolute Gasteiger partial charge is 0.416 e. The minimum Gasteiger partial charge on any atom is -0.497 e. The fraction of sp³-hybridized carbons (Fsp3) is 0.417. The van der Waals surface area contributed by atoms with Crippen LogP contribution in [0.4, 0.5) is 13.2 Å². The third-order valence-corrected chi connectivity index (χ3v) is 2.54. The second-order valence-corrected chi connectivity index (χ2v) is 3.71. The van der Waals surface area contributed by atoms with E-state index >= 15 is 0 Å². The molecule has 1 atom stereocenters. The van der Waals surface area contributed by atoms with Crippen LogP contribution in [0.3, 0.4) is 0 Å². The number of halogens is 3. The van der Waals surface area contributed by atoms with Crippen LogP contribution in [0, 0.1) is 0 Å². The lowest BCUT2D eigenvalue weighted by Crippen LogP contribution is -2.13. The lowest BCUT2D eigenvalue weighted by Gasteiger charge is -2.19. The van der Waals surface area contributed by atoms with E-state index in [1.54, 1.807) is 0 Å². The molecule has 1 rings (SSSR count). The van der Waals surface area contributed by atoms with Crippen molar-refractivity contribution in [2.45, 2.75) is 19.0 Å². The SMILES string of the molecule is COc1cc(OC)c(C(C)C=O)c(C(F)(F)F)c1. The number of rotatable bonds is 4. The molecule has 0 radical (unpaired) electrons. The number of alkyl halides is 3. The first kappa shape index (κ1) is 14.3. The Morgan fingerprint density at radius 2 is 1.83 bits per heavy atom. The van der Waals surface area contributed by atoms with Gasteiger partial charge < -0.3 is 14.3 Å². The molecule has 1 aromatic carbocycles. The Labute approximate surface area is 103 Å². The lowest BCUT2D eigenvalue weighted by molar-refractivity contribution is -0.138. The van der Waals surface area contributed by atoms with Gasteiger partial charge in [-0.3, -0.25) is 0 Å². The van der Waals surface area contributed by atoms with Crippen LogP contribution < -0.4 is 9.47 Å². The van der Waals surface area contributed by atoms with Crippen LogP contribution in [-0.2, 0) is 11.0 Å². The number of ether oxygens (including phenoxy) is 2. The quantitative estimate of drug-likeness (QED) is 0.782. The highest BCUT2D eigenvalue weighted by Crippen LogP contribution is 2.42. The molecular weight excluding hydrogens is 249 g/mol. The number of benzene rings is 1. The number of hydrogen-bond acceptors (Lipinski definition) is 3. The topological polar surface area (TPSA) is 35.5 Å². The first-order valence-corrected chi connectivity index (χ1v) is 5.13. The molecule has 3 nitrogen and oxygen atoms in total. The molecule has 0 aliphatic rings. The lowest BCUT2D eigenvalue weighted by atomic mass is 9.95. The summed E-state index contributed by atoms with van der Waals surface area (Å²) >= 11 is 0. The molecule has 0 aromatic heterocycles. The van der Waals surface area contributed by atoms with Crippen molar-refractivity contribution in [1.29, 1.82) is 0 Å². The number of carbonyl (C=O) groups is 1. The molecule has 0 fully saturated rings. The molecule has 0 aliphatic heterocycles. The van der Waals surface area contributed by atoms with Crippen LogP contribution >= 0.6 is 0 Å². The maximum atomic E-state index is 13.0.